The highest BCUT2D eigenvalue weighted by Crippen LogP contribution is 2.33. The van der Waals surface area contributed by atoms with Crippen LogP contribution in [0.15, 0.2) is 45.3 Å². The Hall–Kier alpha value is -0.940. The maximum atomic E-state index is 13.2. The van der Waals surface area contributed by atoms with Gasteiger partial charge in [-0.05, 0) is 68.6 Å². The van der Waals surface area contributed by atoms with E-state index in [4.69, 9.17) is 0 Å². The molecule has 2 rings (SSSR count). The van der Waals surface area contributed by atoms with E-state index >= 15 is 0 Å². The van der Waals surface area contributed by atoms with Crippen LogP contribution in [0.2, 0.25) is 0 Å². The van der Waals surface area contributed by atoms with E-state index in [9.17, 15) is 8.78 Å². The van der Waals surface area contributed by atoms with Crippen molar-refractivity contribution in [1.82, 2.24) is 0 Å². The SMILES string of the molecule is CC(Nc1c(Br)cccc1Br)c1cc(F)cc(F)c1. The fraction of sp³-hybridized carbons (Fsp3) is 0.143. The second-order valence-corrected chi connectivity index (χ2v) is 5.87. The first-order valence-electron chi connectivity index (χ1n) is 5.64. The highest BCUT2D eigenvalue weighted by molar-refractivity contribution is 9.11. The lowest BCUT2D eigenvalue weighted by molar-refractivity contribution is 0.577. The Balaban J connectivity index is 2.28. The maximum absolute atomic E-state index is 13.2. The van der Waals surface area contributed by atoms with Gasteiger partial charge in [0.05, 0.1) is 5.69 Å². The molecular weight excluding hydrogens is 380 g/mol. The minimum atomic E-state index is -0.574. The van der Waals surface area contributed by atoms with Gasteiger partial charge in [-0.2, -0.15) is 0 Å². The van der Waals surface area contributed by atoms with Crippen LogP contribution in [0.4, 0.5) is 14.5 Å². The number of hydrogen-bond acceptors (Lipinski definition) is 1. The Morgan fingerprint density at radius 3 is 2.05 bits per heavy atom. The molecule has 19 heavy (non-hydrogen) atoms. The summed E-state index contributed by atoms with van der Waals surface area (Å²) >= 11 is 6.87. The molecule has 0 spiro atoms. The molecule has 0 heterocycles. The number of nitrogens with one attached hydrogen (secondary N) is 1. The number of halogens is 4. The van der Waals surface area contributed by atoms with Gasteiger partial charge in [-0.1, -0.05) is 6.07 Å². The largest absolute Gasteiger partial charge is 0.377 e. The molecule has 0 saturated heterocycles. The van der Waals surface area contributed by atoms with Crippen molar-refractivity contribution in [2.24, 2.45) is 0 Å². The monoisotopic (exact) mass is 389 g/mol. The van der Waals surface area contributed by atoms with E-state index in [1.54, 1.807) is 0 Å². The summed E-state index contributed by atoms with van der Waals surface area (Å²) in [6.45, 7) is 1.85. The summed E-state index contributed by atoms with van der Waals surface area (Å²) < 4.78 is 28.2. The molecule has 0 fully saturated rings. The molecule has 1 unspecified atom stereocenters. The predicted octanol–water partition coefficient (Wildman–Crippen LogP) is 5.66. The van der Waals surface area contributed by atoms with Gasteiger partial charge in [0.25, 0.3) is 0 Å². The van der Waals surface area contributed by atoms with Crippen LogP contribution in [0.25, 0.3) is 0 Å². The Kier molecular flexibility index (Phi) is 4.58. The van der Waals surface area contributed by atoms with Crippen molar-refractivity contribution in [3.05, 3.63) is 62.5 Å². The van der Waals surface area contributed by atoms with Crippen LogP contribution in [0.1, 0.15) is 18.5 Å². The zero-order valence-electron chi connectivity index (χ0n) is 10.1. The summed E-state index contributed by atoms with van der Waals surface area (Å²) in [6.07, 6.45) is 0. The van der Waals surface area contributed by atoms with E-state index in [-0.39, 0.29) is 6.04 Å². The molecule has 0 bridgehead atoms. The Labute approximate surface area is 127 Å². The number of anilines is 1. The van der Waals surface area contributed by atoms with Crippen LogP contribution in [-0.2, 0) is 0 Å². The Morgan fingerprint density at radius 2 is 1.53 bits per heavy atom. The highest BCUT2D eigenvalue weighted by atomic mass is 79.9. The van der Waals surface area contributed by atoms with Crippen LogP contribution in [0.5, 0.6) is 0 Å². The minimum absolute atomic E-state index is 0.222. The molecule has 2 aromatic carbocycles. The van der Waals surface area contributed by atoms with E-state index in [2.05, 4.69) is 37.2 Å². The van der Waals surface area contributed by atoms with Gasteiger partial charge in [-0.3, -0.25) is 0 Å². The molecule has 0 aliphatic heterocycles. The number of para-hydroxylation sites is 1. The lowest BCUT2D eigenvalue weighted by Crippen LogP contribution is -2.08. The van der Waals surface area contributed by atoms with Crippen LogP contribution >= 0.6 is 31.9 Å². The standard InChI is InChI=1S/C14H11Br2F2N/c1-8(9-5-10(17)7-11(18)6-9)19-14-12(15)3-2-4-13(14)16/h2-8,19H,1H3. The second kappa shape index (κ2) is 6.01. The molecule has 100 valence electrons. The molecule has 2 aromatic rings. The van der Waals surface area contributed by atoms with Gasteiger partial charge in [-0.25, -0.2) is 8.78 Å². The van der Waals surface area contributed by atoms with Gasteiger partial charge >= 0.3 is 0 Å². The lowest BCUT2D eigenvalue weighted by atomic mass is 10.1. The predicted molar refractivity (Wildman–Crippen MR) is 80.2 cm³/mol. The lowest BCUT2D eigenvalue weighted by Gasteiger charge is -2.18. The van der Waals surface area contributed by atoms with Gasteiger partial charge in [-0.15, -0.1) is 0 Å². The molecule has 0 amide bonds. The first kappa shape index (κ1) is 14.5. The molecule has 0 aromatic heterocycles. The molecule has 1 N–H and O–H groups in total. The zero-order valence-corrected chi connectivity index (χ0v) is 13.2. The third kappa shape index (κ3) is 3.54. The second-order valence-electron chi connectivity index (χ2n) is 4.17. The molecular formula is C14H11Br2F2N. The molecule has 1 atom stereocenters. The Morgan fingerprint density at radius 1 is 1.00 bits per heavy atom. The van der Waals surface area contributed by atoms with Gasteiger partial charge in [0.1, 0.15) is 11.6 Å². The van der Waals surface area contributed by atoms with Crippen LogP contribution in [0.3, 0.4) is 0 Å². The summed E-state index contributed by atoms with van der Waals surface area (Å²) in [5, 5.41) is 3.22. The van der Waals surface area contributed by atoms with E-state index in [0.29, 0.717) is 5.56 Å². The smallest absolute Gasteiger partial charge is 0.126 e. The number of rotatable bonds is 3. The minimum Gasteiger partial charge on any atom is -0.377 e. The maximum Gasteiger partial charge on any atom is 0.126 e. The van der Waals surface area contributed by atoms with Crippen molar-refractivity contribution < 1.29 is 8.78 Å². The molecule has 0 aliphatic carbocycles. The van der Waals surface area contributed by atoms with Gasteiger partial charge in [0.15, 0.2) is 0 Å². The fourth-order valence-corrected chi connectivity index (χ4v) is 2.99. The van der Waals surface area contributed by atoms with E-state index < -0.39 is 11.6 Å². The van der Waals surface area contributed by atoms with Gasteiger partial charge in [0.2, 0.25) is 0 Å². The zero-order chi connectivity index (χ0) is 14.0. The first-order chi connectivity index (χ1) is 8.97. The summed E-state index contributed by atoms with van der Waals surface area (Å²) in [4.78, 5) is 0. The van der Waals surface area contributed by atoms with Crippen LogP contribution < -0.4 is 5.32 Å². The summed E-state index contributed by atoms with van der Waals surface area (Å²) in [7, 11) is 0. The van der Waals surface area contributed by atoms with E-state index in [1.807, 2.05) is 25.1 Å². The molecule has 5 heteroatoms. The topological polar surface area (TPSA) is 12.0 Å². The highest BCUT2D eigenvalue weighted by Gasteiger charge is 2.12. The summed E-state index contributed by atoms with van der Waals surface area (Å²) in [5.41, 5.74) is 1.40. The quantitative estimate of drug-likeness (QED) is 0.712. The van der Waals surface area contributed by atoms with Crippen molar-refractivity contribution in [2.75, 3.05) is 5.32 Å². The average molecular weight is 391 g/mol. The van der Waals surface area contributed by atoms with Crippen molar-refractivity contribution in [3.63, 3.8) is 0 Å². The third-order valence-corrected chi connectivity index (χ3v) is 4.03. The van der Waals surface area contributed by atoms with Gasteiger partial charge < -0.3 is 5.32 Å². The molecule has 0 aliphatic rings. The van der Waals surface area contributed by atoms with Crippen molar-refractivity contribution in [1.29, 1.82) is 0 Å². The van der Waals surface area contributed by atoms with E-state index in [1.165, 1.54) is 12.1 Å². The van der Waals surface area contributed by atoms with Crippen LogP contribution in [-0.4, -0.2) is 0 Å². The summed E-state index contributed by atoms with van der Waals surface area (Å²) in [5.74, 6) is -1.15. The van der Waals surface area contributed by atoms with E-state index in [0.717, 1.165) is 20.7 Å². The van der Waals surface area contributed by atoms with Crippen molar-refractivity contribution >= 4 is 37.5 Å². The summed E-state index contributed by atoms with van der Waals surface area (Å²) in [6, 6.07) is 8.98. The normalized spacial score (nSPS) is 12.3. The number of benzene rings is 2. The van der Waals surface area contributed by atoms with Crippen molar-refractivity contribution in [2.45, 2.75) is 13.0 Å². The average Bonchev–Trinajstić information content (AvgIpc) is 2.32. The molecule has 0 radical (unpaired) electrons. The molecule has 0 saturated carbocycles. The number of hydrogen-bond donors (Lipinski definition) is 1. The van der Waals surface area contributed by atoms with Crippen LogP contribution in [0, 0.1) is 11.6 Å². The van der Waals surface area contributed by atoms with Gasteiger partial charge in [0, 0.05) is 21.1 Å². The van der Waals surface area contributed by atoms with Crippen molar-refractivity contribution in [3.8, 4) is 0 Å². The Bertz CT molecular complexity index is 561. The first-order valence-corrected chi connectivity index (χ1v) is 7.22. The third-order valence-electron chi connectivity index (χ3n) is 2.71. The fourth-order valence-electron chi connectivity index (χ4n) is 1.76. The molecule has 1 nitrogen and oxygen atoms in total.